The first-order valence-electron chi connectivity index (χ1n) is 10.6. The van der Waals surface area contributed by atoms with Crippen LogP contribution < -0.4 is 15.1 Å². The lowest BCUT2D eigenvalue weighted by Gasteiger charge is -2.29. The molecule has 1 saturated heterocycles. The highest BCUT2D eigenvalue weighted by atomic mass is 32.1. The lowest BCUT2D eigenvalue weighted by atomic mass is 10.0. The maximum absolute atomic E-state index is 13.5. The molecule has 0 saturated carbocycles. The molecule has 0 aliphatic carbocycles. The molecule has 9 nitrogen and oxygen atoms in total. The summed E-state index contributed by atoms with van der Waals surface area (Å²) in [6.07, 6.45) is -4.10. The van der Waals surface area contributed by atoms with Crippen molar-refractivity contribution in [2.45, 2.75) is 25.6 Å². The van der Waals surface area contributed by atoms with Gasteiger partial charge in [-0.05, 0) is 70.5 Å². The Morgan fingerprint density at radius 1 is 1.25 bits per heavy atom. The summed E-state index contributed by atoms with van der Waals surface area (Å²) < 4.78 is 45.5. The van der Waals surface area contributed by atoms with Crippen molar-refractivity contribution in [3.05, 3.63) is 47.7 Å². The highest BCUT2D eigenvalue weighted by Crippen LogP contribution is 2.39. The van der Waals surface area contributed by atoms with E-state index in [2.05, 4.69) is 10.3 Å². The number of amides is 2. The molecule has 1 fully saturated rings. The van der Waals surface area contributed by atoms with Gasteiger partial charge in [-0.15, -0.1) is 0 Å². The Morgan fingerprint density at radius 3 is 2.47 bits per heavy atom. The quantitative estimate of drug-likeness (QED) is 0.571. The van der Waals surface area contributed by atoms with Gasteiger partial charge in [-0.3, -0.25) is 15.0 Å². The molecule has 190 valence electrons. The summed E-state index contributed by atoms with van der Waals surface area (Å²) >= 11 is 5.48. The number of pyridine rings is 1. The highest BCUT2D eigenvalue weighted by Gasteiger charge is 2.50. The van der Waals surface area contributed by atoms with Gasteiger partial charge in [-0.2, -0.15) is 18.4 Å². The molecule has 0 radical (unpaired) electrons. The van der Waals surface area contributed by atoms with Crippen LogP contribution >= 0.6 is 12.2 Å². The fraction of sp³-hybridized carbons (Fsp3) is 0.348. The summed E-state index contributed by atoms with van der Waals surface area (Å²) in [5, 5.41) is 11.5. The highest BCUT2D eigenvalue weighted by molar-refractivity contribution is 7.81. The van der Waals surface area contributed by atoms with Gasteiger partial charge in [0.25, 0.3) is 5.91 Å². The van der Waals surface area contributed by atoms with E-state index in [0.29, 0.717) is 12.2 Å². The largest absolute Gasteiger partial charge is 0.448 e. The molecule has 1 aliphatic heterocycles. The van der Waals surface area contributed by atoms with E-state index < -0.39 is 34.8 Å². The van der Waals surface area contributed by atoms with Gasteiger partial charge in [0.05, 0.1) is 34.8 Å². The minimum absolute atomic E-state index is 0.0616. The van der Waals surface area contributed by atoms with Crippen molar-refractivity contribution in [3.63, 3.8) is 0 Å². The van der Waals surface area contributed by atoms with Crippen LogP contribution in [-0.2, 0) is 15.7 Å². The second-order valence-electron chi connectivity index (χ2n) is 8.62. The van der Waals surface area contributed by atoms with Crippen molar-refractivity contribution < 1.29 is 27.5 Å². The number of benzene rings is 1. The molecule has 36 heavy (non-hydrogen) atoms. The Kier molecular flexibility index (Phi) is 7.51. The van der Waals surface area contributed by atoms with Gasteiger partial charge in [0, 0.05) is 6.54 Å². The van der Waals surface area contributed by atoms with Gasteiger partial charge in [0.15, 0.2) is 5.11 Å². The van der Waals surface area contributed by atoms with Crippen LogP contribution in [0.1, 0.15) is 25.0 Å². The summed E-state index contributed by atoms with van der Waals surface area (Å²) in [5.74, 6) is -0.362. The van der Waals surface area contributed by atoms with Crippen LogP contribution in [0.3, 0.4) is 0 Å². The molecule has 1 aromatic heterocycles. The zero-order valence-electron chi connectivity index (χ0n) is 19.9. The predicted octanol–water partition coefficient (Wildman–Crippen LogP) is 4.00. The third-order valence-corrected chi connectivity index (χ3v) is 5.73. The molecule has 0 atom stereocenters. The summed E-state index contributed by atoms with van der Waals surface area (Å²) in [6, 6.07) is 7.53. The lowest BCUT2D eigenvalue weighted by molar-refractivity contribution is -0.137. The van der Waals surface area contributed by atoms with E-state index in [4.69, 9.17) is 22.2 Å². The van der Waals surface area contributed by atoms with Gasteiger partial charge in [0.2, 0.25) is 0 Å². The van der Waals surface area contributed by atoms with E-state index in [-0.39, 0.29) is 23.2 Å². The molecule has 0 bridgehead atoms. The molecule has 1 N–H and O–H groups in total. The number of carbonyl (C=O) groups excluding carboxylic acids is 2. The van der Waals surface area contributed by atoms with Crippen molar-refractivity contribution in [3.8, 4) is 6.07 Å². The van der Waals surface area contributed by atoms with E-state index in [0.717, 1.165) is 17.0 Å². The number of nitriles is 1. The molecule has 2 aromatic rings. The van der Waals surface area contributed by atoms with Gasteiger partial charge in [-0.1, -0.05) is 0 Å². The summed E-state index contributed by atoms with van der Waals surface area (Å²) in [4.78, 5) is 33.6. The summed E-state index contributed by atoms with van der Waals surface area (Å²) in [7, 11) is 3.68. The number of halogens is 3. The van der Waals surface area contributed by atoms with Gasteiger partial charge in [-0.25, -0.2) is 9.78 Å². The summed E-state index contributed by atoms with van der Waals surface area (Å²) in [6.45, 7) is 3.89. The van der Waals surface area contributed by atoms with Crippen LogP contribution in [0.25, 0.3) is 0 Å². The fourth-order valence-electron chi connectivity index (χ4n) is 3.51. The van der Waals surface area contributed by atoms with Crippen molar-refractivity contribution in [1.29, 1.82) is 5.26 Å². The van der Waals surface area contributed by atoms with E-state index in [1.165, 1.54) is 29.3 Å². The zero-order valence-corrected chi connectivity index (χ0v) is 20.7. The number of carbonyl (C=O) groups is 2. The Balaban J connectivity index is 1.85. The molecule has 2 heterocycles. The predicted molar refractivity (Wildman–Crippen MR) is 131 cm³/mol. The number of thiocarbonyl (C=S) groups is 1. The van der Waals surface area contributed by atoms with E-state index in [1.54, 1.807) is 19.9 Å². The van der Waals surface area contributed by atoms with Crippen LogP contribution in [0.4, 0.5) is 35.2 Å². The van der Waals surface area contributed by atoms with E-state index in [9.17, 15) is 22.8 Å². The minimum Gasteiger partial charge on any atom is -0.448 e. The Bertz CT molecular complexity index is 1230. The van der Waals surface area contributed by atoms with Crippen LogP contribution in [-0.4, -0.2) is 59.8 Å². The van der Waals surface area contributed by atoms with Crippen LogP contribution in [0.5, 0.6) is 0 Å². The standard InChI is InChI=1S/C23H23F3N6O3S/c1-22(2)19(33)31(15-6-5-14(12-27)17(11-15)23(24,25)26)21(36)32(22)16-7-8-18(28-13-16)29-20(34)35-10-9-30(3)4/h5-8,11,13H,9-10H2,1-4H3,(H,28,29,34). The van der Waals surface area contributed by atoms with E-state index in [1.807, 2.05) is 19.0 Å². The first-order valence-corrected chi connectivity index (χ1v) is 11.0. The van der Waals surface area contributed by atoms with Gasteiger partial charge >= 0.3 is 12.3 Å². The second kappa shape index (κ2) is 10.1. The van der Waals surface area contributed by atoms with Crippen molar-refractivity contribution in [1.82, 2.24) is 9.88 Å². The molecule has 2 amide bonds. The number of ether oxygens (including phenoxy) is 1. The van der Waals surface area contributed by atoms with E-state index >= 15 is 0 Å². The normalized spacial score (nSPS) is 15.3. The van der Waals surface area contributed by atoms with Gasteiger partial charge in [0.1, 0.15) is 18.0 Å². The first-order chi connectivity index (χ1) is 16.8. The number of nitrogens with one attached hydrogen (secondary N) is 1. The molecular formula is C23H23F3N6O3S. The van der Waals surface area contributed by atoms with Crippen molar-refractivity contribution in [2.75, 3.05) is 42.4 Å². The smallest absolute Gasteiger partial charge is 0.417 e. The third kappa shape index (κ3) is 5.39. The first kappa shape index (κ1) is 26.8. The Labute approximate surface area is 211 Å². The number of alkyl halides is 3. The SMILES string of the molecule is CN(C)CCOC(=O)Nc1ccc(N2C(=S)N(c3ccc(C#N)c(C(F)(F)F)c3)C(=O)C2(C)C)cn1. The number of nitrogens with zero attached hydrogens (tertiary/aromatic N) is 5. The number of rotatable bonds is 6. The number of anilines is 3. The molecule has 0 spiro atoms. The number of likely N-dealkylation sites (N-methyl/N-ethyl adjacent to an activating group) is 1. The number of hydrogen-bond donors (Lipinski definition) is 1. The Hall–Kier alpha value is -3.76. The van der Waals surface area contributed by atoms with Crippen LogP contribution in [0.2, 0.25) is 0 Å². The topological polar surface area (TPSA) is 102 Å². The van der Waals surface area contributed by atoms with Crippen LogP contribution in [0, 0.1) is 11.3 Å². The molecule has 13 heteroatoms. The molecule has 3 rings (SSSR count). The van der Waals surface area contributed by atoms with Crippen molar-refractivity contribution in [2.24, 2.45) is 0 Å². The lowest BCUT2D eigenvalue weighted by Crippen LogP contribution is -2.44. The van der Waals surface area contributed by atoms with Crippen molar-refractivity contribution >= 4 is 46.5 Å². The minimum atomic E-state index is -4.79. The number of hydrogen-bond acceptors (Lipinski definition) is 7. The summed E-state index contributed by atoms with van der Waals surface area (Å²) in [5.41, 5.74) is -2.71. The number of aromatic nitrogens is 1. The average Bonchev–Trinajstić information content (AvgIpc) is 2.97. The Morgan fingerprint density at radius 2 is 1.92 bits per heavy atom. The average molecular weight is 521 g/mol. The maximum atomic E-state index is 13.5. The monoisotopic (exact) mass is 520 g/mol. The molecular weight excluding hydrogens is 497 g/mol. The zero-order chi connectivity index (χ0) is 26.8. The molecule has 1 aliphatic rings. The molecule has 1 aromatic carbocycles. The second-order valence-corrected chi connectivity index (χ2v) is 8.99. The van der Waals surface area contributed by atoms with Crippen LogP contribution in [0.15, 0.2) is 36.5 Å². The third-order valence-electron chi connectivity index (χ3n) is 5.36. The molecule has 0 unspecified atom stereocenters. The fourth-order valence-corrected chi connectivity index (χ4v) is 4.04. The maximum Gasteiger partial charge on any atom is 0.417 e. The van der Waals surface area contributed by atoms with Gasteiger partial charge < -0.3 is 14.5 Å².